The van der Waals surface area contributed by atoms with Gasteiger partial charge in [0.05, 0.1) is 5.02 Å². The Kier molecular flexibility index (Phi) is 5.82. The maximum Gasteiger partial charge on any atom is 0.144 e. The van der Waals surface area contributed by atoms with Gasteiger partial charge in [-0.15, -0.1) is 0 Å². The van der Waals surface area contributed by atoms with Gasteiger partial charge in [0, 0.05) is 5.54 Å². The number of rotatable bonds is 5. The van der Waals surface area contributed by atoms with Gasteiger partial charge in [-0.3, -0.25) is 0 Å². The Morgan fingerprint density at radius 2 is 1.84 bits per heavy atom. The lowest BCUT2D eigenvalue weighted by Gasteiger charge is -2.26. The van der Waals surface area contributed by atoms with Gasteiger partial charge < -0.3 is 5.32 Å². The van der Waals surface area contributed by atoms with Crippen LogP contribution in [0.25, 0.3) is 0 Å². The molecule has 0 aliphatic heterocycles. The molecule has 0 saturated carbocycles. The van der Waals surface area contributed by atoms with Gasteiger partial charge in [0.15, 0.2) is 0 Å². The van der Waals surface area contributed by atoms with E-state index in [4.69, 9.17) is 11.6 Å². The molecular weight excluding hydrogens is 261 g/mol. The number of halogens is 2. The standard InChI is InChI=1S/C16H25ClFN/c1-11(12(2)10-19-16(3,4)5)9-13-7-6-8-14(17)15(13)18/h6-8,11-12,19H,9-10H2,1-5H3. The van der Waals surface area contributed by atoms with Crippen molar-refractivity contribution < 1.29 is 4.39 Å². The molecule has 108 valence electrons. The van der Waals surface area contributed by atoms with Gasteiger partial charge in [-0.1, -0.05) is 37.6 Å². The first-order valence-electron chi connectivity index (χ1n) is 6.88. The van der Waals surface area contributed by atoms with Crippen molar-refractivity contribution in [2.24, 2.45) is 11.8 Å². The molecule has 0 saturated heterocycles. The van der Waals surface area contributed by atoms with Gasteiger partial charge in [0.2, 0.25) is 0 Å². The number of nitrogens with one attached hydrogen (secondary N) is 1. The van der Waals surface area contributed by atoms with Crippen LogP contribution in [0, 0.1) is 17.7 Å². The van der Waals surface area contributed by atoms with Gasteiger partial charge in [-0.25, -0.2) is 4.39 Å². The summed E-state index contributed by atoms with van der Waals surface area (Å²) in [6, 6.07) is 5.23. The van der Waals surface area contributed by atoms with Gasteiger partial charge >= 0.3 is 0 Å². The summed E-state index contributed by atoms with van der Waals surface area (Å²) >= 11 is 5.81. The molecule has 0 amide bonds. The SMILES string of the molecule is CC(CNC(C)(C)C)C(C)Cc1cccc(Cl)c1F. The maximum absolute atomic E-state index is 13.9. The van der Waals surface area contributed by atoms with Crippen LogP contribution in [0.1, 0.15) is 40.2 Å². The second kappa shape index (κ2) is 6.71. The van der Waals surface area contributed by atoms with Crippen molar-refractivity contribution in [1.82, 2.24) is 5.32 Å². The van der Waals surface area contributed by atoms with E-state index >= 15 is 0 Å². The molecule has 2 atom stereocenters. The average Bonchev–Trinajstić information content (AvgIpc) is 2.31. The number of benzene rings is 1. The van der Waals surface area contributed by atoms with E-state index in [1.54, 1.807) is 6.07 Å². The average molecular weight is 286 g/mol. The number of hydrogen-bond donors (Lipinski definition) is 1. The summed E-state index contributed by atoms with van der Waals surface area (Å²) in [5.74, 6) is 0.618. The van der Waals surface area contributed by atoms with Gasteiger partial charge in [-0.2, -0.15) is 0 Å². The van der Waals surface area contributed by atoms with Gasteiger partial charge in [0.25, 0.3) is 0 Å². The van der Waals surface area contributed by atoms with Crippen molar-refractivity contribution in [3.05, 3.63) is 34.6 Å². The van der Waals surface area contributed by atoms with E-state index in [0.717, 1.165) is 13.0 Å². The zero-order valence-corrected chi connectivity index (χ0v) is 13.3. The Hall–Kier alpha value is -0.600. The fraction of sp³-hybridized carbons (Fsp3) is 0.625. The first kappa shape index (κ1) is 16.5. The molecule has 0 spiro atoms. The second-order valence-corrected chi connectivity index (χ2v) is 6.91. The van der Waals surface area contributed by atoms with Crippen LogP contribution in [-0.4, -0.2) is 12.1 Å². The van der Waals surface area contributed by atoms with Crippen molar-refractivity contribution in [2.45, 2.75) is 46.6 Å². The quantitative estimate of drug-likeness (QED) is 0.828. The Morgan fingerprint density at radius 3 is 2.42 bits per heavy atom. The van der Waals surface area contributed by atoms with Crippen molar-refractivity contribution in [3.8, 4) is 0 Å². The van der Waals surface area contributed by atoms with Gasteiger partial charge in [-0.05, 0) is 57.2 Å². The lowest BCUT2D eigenvalue weighted by atomic mass is 9.89. The van der Waals surface area contributed by atoms with Crippen molar-refractivity contribution in [3.63, 3.8) is 0 Å². The highest BCUT2D eigenvalue weighted by Crippen LogP contribution is 2.23. The summed E-state index contributed by atoms with van der Waals surface area (Å²) in [4.78, 5) is 0. The summed E-state index contributed by atoms with van der Waals surface area (Å²) in [6.07, 6.45) is 0.722. The fourth-order valence-corrected chi connectivity index (χ4v) is 2.12. The smallest absolute Gasteiger partial charge is 0.144 e. The first-order valence-corrected chi connectivity index (χ1v) is 7.26. The molecule has 1 aromatic carbocycles. The van der Waals surface area contributed by atoms with Crippen LogP contribution in [-0.2, 0) is 6.42 Å². The molecule has 0 bridgehead atoms. The summed E-state index contributed by atoms with van der Waals surface area (Å²) in [7, 11) is 0. The predicted octanol–water partition coefficient (Wildman–Crippen LogP) is 4.68. The normalized spacial score (nSPS) is 15.3. The maximum atomic E-state index is 13.9. The van der Waals surface area contributed by atoms with Gasteiger partial charge in [0.1, 0.15) is 5.82 Å². The van der Waals surface area contributed by atoms with E-state index in [1.165, 1.54) is 0 Å². The molecule has 0 fully saturated rings. The van der Waals surface area contributed by atoms with E-state index < -0.39 is 0 Å². The Bertz CT molecular complexity index is 412. The van der Waals surface area contributed by atoms with Crippen LogP contribution in [0.4, 0.5) is 4.39 Å². The molecule has 2 unspecified atom stereocenters. The minimum Gasteiger partial charge on any atom is -0.312 e. The highest BCUT2D eigenvalue weighted by molar-refractivity contribution is 6.30. The largest absolute Gasteiger partial charge is 0.312 e. The van der Waals surface area contributed by atoms with Crippen molar-refractivity contribution >= 4 is 11.6 Å². The van der Waals surface area contributed by atoms with Crippen LogP contribution < -0.4 is 5.32 Å². The highest BCUT2D eigenvalue weighted by Gasteiger charge is 2.18. The summed E-state index contributed by atoms with van der Waals surface area (Å²) in [5, 5.41) is 3.71. The number of hydrogen-bond acceptors (Lipinski definition) is 1. The molecule has 0 heterocycles. The first-order chi connectivity index (χ1) is 8.70. The van der Waals surface area contributed by atoms with Crippen LogP contribution in [0.5, 0.6) is 0 Å². The van der Waals surface area contributed by atoms with Crippen molar-refractivity contribution in [1.29, 1.82) is 0 Å². The lowest BCUT2D eigenvalue weighted by Crippen LogP contribution is -2.40. The molecule has 0 aromatic heterocycles. The van der Waals surface area contributed by atoms with Crippen LogP contribution in [0.2, 0.25) is 5.02 Å². The molecule has 3 heteroatoms. The zero-order valence-electron chi connectivity index (χ0n) is 12.6. The van der Waals surface area contributed by atoms with E-state index in [9.17, 15) is 4.39 Å². The van der Waals surface area contributed by atoms with Crippen LogP contribution >= 0.6 is 11.6 Å². The molecule has 0 aliphatic carbocycles. The summed E-state index contributed by atoms with van der Waals surface area (Å²) in [6.45, 7) is 11.8. The molecule has 0 radical (unpaired) electrons. The van der Waals surface area contributed by atoms with E-state index in [-0.39, 0.29) is 16.4 Å². The van der Waals surface area contributed by atoms with Crippen LogP contribution in [0.3, 0.4) is 0 Å². The third kappa shape index (κ3) is 5.50. The molecule has 1 rings (SSSR count). The third-order valence-electron chi connectivity index (χ3n) is 3.50. The Morgan fingerprint density at radius 1 is 1.21 bits per heavy atom. The third-order valence-corrected chi connectivity index (χ3v) is 3.79. The zero-order chi connectivity index (χ0) is 14.6. The molecule has 19 heavy (non-hydrogen) atoms. The van der Waals surface area contributed by atoms with E-state index in [2.05, 4.69) is 39.9 Å². The Labute approximate surface area is 121 Å². The van der Waals surface area contributed by atoms with Crippen LogP contribution in [0.15, 0.2) is 18.2 Å². The molecule has 1 N–H and O–H groups in total. The minimum absolute atomic E-state index is 0.120. The second-order valence-electron chi connectivity index (χ2n) is 6.50. The molecule has 0 aliphatic rings. The van der Waals surface area contributed by atoms with Crippen molar-refractivity contribution in [2.75, 3.05) is 6.54 Å². The fourth-order valence-electron chi connectivity index (χ4n) is 1.92. The van der Waals surface area contributed by atoms with E-state index in [0.29, 0.717) is 17.4 Å². The molecular formula is C16H25ClFN. The minimum atomic E-state index is -0.271. The predicted molar refractivity (Wildman–Crippen MR) is 81.2 cm³/mol. The summed E-state index contributed by atoms with van der Waals surface area (Å²) in [5.41, 5.74) is 0.831. The molecule has 1 nitrogen and oxygen atoms in total. The Balaban J connectivity index is 2.59. The van der Waals surface area contributed by atoms with E-state index in [1.807, 2.05) is 12.1 Å². The summed E-state index contributed by atoms with van der Waals surface area (Å²) < 4.78 is 13.9. The highest BCUT2D eigenvalue weighted by atomic mass is 35.5. The lowest BCUT2D eigenvalue weighted by molar-refractivity contribution is 0.315. The molecule has 1 aromatic rings. The monoisotopic (exact) mass is 285 g/mol. The topological polar surface area (TPSA) is 12.0 Å².